The quantitative estimate of drug-likeness (QED) is 0.204. The molecule has 0 saturated heterocycles. The second-order valence-electron chi connectivity index (χ2n) is 12.3. The normalized spacial score (nSPS) is 13.5. The Bertz CT molecular complexity index is 2440. The first-order valence-corrected chi connectivity index (χ1v) is 15.5. The van der Waals surface area contributed by atoms with Gasteiger partial charge in [0.2, 0.25) is 5.95 Å². The van der Waals surface area contributed by atoms with Gasteiger partial charge in [-0.1, -0.05) is 135 Å². The zero-order chi connectivity index (χ0) is 30.8. The van der Waals surface area contributed by atoms with E-state index in [1.54, 1.807) is 0 Å². The number of rotatable bonds is 4. The monoisotopic (exact) mass is 592 g/mol. The van der Waals surface area contributed by atoms with Crippen molar-refractivity contribution >= 4 is 38.7 Å². The molecule has 46 heavy (non-hydrogen) atoms. The van der Waals surface area contributed by atoms with E-state index in [1.807, 2.05) is 60.7 Å². The van der Waals surface area contributed by atoms with E-state index < -0.39 is 0 Å². The molecule has 8 aromatic rings. The van der Waals surface area contributed by atoms with Gasteiger partial charge >= 0.3 is 0 Å². The summed E-state index contributed by atoms with van der Waals surface area (Å²) in [6.45, 7) is 4.38. The van der Waals surface area contributed by atoms with Gasteiger partial charge < -0.3 is 0 Å². The SMILES string of the molecule is CC1(C)C=Cc2c(-c3nc(-c4ccccc4)nc(-c4ccccc4)n3)nc(-n3c4ccccc4c4c5ccccc5ccc43)nc21. The molecule has 5 aromatic carbocycles. The van der Waals surface area contributed by atoms with Crippen LogP contribution in [0.3, 0.4) is 0 Å². The molecule has 218 valence electrons. The Labute approximate surface area is 265 Å². The third-order valence-corrected chi connectivity index (χ3v) is 8.88. The number of fused-ring (bicyclic) bond motifs is 6. The first-order chi connectivity index (χ1) is 22.5. The van der Waals surface area contributed by atoms with Gasteiger partial charge in [-0.05, 0) is 22.9 Å². The number of aromatic nitrogens is 6. The Balaban J connectivity index is 1.36. The average molecular weight is 593 g/mol. The molecule has 9 rings (SSSR count). The topological polar surface area (TPSA) is 69.4 Å². The lowest BCUT2D eigenvalue weighted by atomic mass is 9.91. The van der Waals surface area contributed by atoms with Crippen LogP contribution in [0.25, 0.3) is 78.9 Å². The number of benzene rings is 5. The van der Waals surface area contributed by atoms with E-state index in [4.69, 9.17) is 24.9 Å². The van der Waals surface area contributed by atoms with E-state index in [-0.39, 0.29) is 5.41 Å². The lowest BCUT2D eigenvalue weighted by molar-refractivity contribution is 0.650. The van der Waals surface area contributed by atoms with Crippen molar-refractivity contribution in [2.75, 3.05) is 0 Å². The van der Waals surface area contributed by atoms with Crippen LogP contribution in [-0.2, 0) is 5.41 Å². The molecule has 0 spiro atoms. The summed E-state index contributed by atoms with van der Waals surface area (Å²) in [7, 11) is 0. The summed E-state index contributed by atoms with van der Waals surface area (Å²) in [5.41, 5.74) is 6.20. The molecule has 1 aliphatic rings. The highest BCUT2D eigenvalue weighted by Crippen LogP contribution is 2.41. The maximum Gasteiger partial charge on any atom is 0.235 e. The highest BCUT2D eigenvalue weighted by atomic mass is 15.2. The van der Waals surface area contributed by atoms with Crippen molar-refractivity contribution in [1.82, 2.24) is 29.5 Å². The lowest BCUT2D eigenvalue weighted by Gasteiger charge is -2.19. The highest BCUT2D eigenvalue weighted by molar-refractivity contribution is 6.21. The summed E-state index contributed by atoms with van der Waals surface area (Å²) < 4.78 is 2.19. The van der Waals surface area contributed by atoms with Crippen molar-refractivity contribution in [3.63, 3.8) is 0 Å². The third kappa shape index (κ3) is 4.07. The van der Waals surface area contributed by atoms with E-state index in [1.165, 1.54) is 16.2 Å². The van der Waals surface area contributed by atoms with Crippen LogP contribution >= 0.6 is 0 Å². The summed E-state index contributed by atoms with van der Waals surface area (Å²) in [6, 6.07) is 41.5. The van der Waals surface area contributed by atoms with Gasteiger partial charge in [-0.25, -0.2) is 24.9 Å². The molecule has 0 aliphatic heterocycles. The van der Waals surface area contributed by atoms with Crippen LogP contribution in [0.15, 0.2) is 127 Å². The second-order valence-corrected chi connectivity index (χ2v) is 12.3. The minimum Gasteiger partial charge on any atom is -0.278 e. The van der Waals surface area contributed by atoms with Crippen LogP contribution in [0, 0.1) is 0 Å². The van der Waals surface area contributed by atoms with E-state index in [0.717, 1.165) is 38.8 Å². The Kier molecular flexibility index (Phi) is 5.74. The van der Waals surface area contributed by atoms with Gasteiger partial charge in [-0.15, -0.1) is 0 Å². The molecule has 0 amide bonds. The third-order valence-electron chi connectivity index (χ3n) is 8.88. The van der Waals surface area contributed by atoms with Gasteiger partial charge in [0.25, 0.3) is 0 Å². The van der Waals surface area contributed by atoms with Crippen molar-refractivity contribution in [3.8, 4) is 40.2 Å². The van der Waals surface area contributed by atoms with Gasteiger partial charge in [0.15, 0.2) is 17.5 Å². The summed E-state index contributed by atoms with van der Waals surface area (Å²) in [5.74, 6) is 2.31. The Morgan fingerprint density at radius 1 is 0.522 bits per heavy atom. The van der Waals surface area contributed by atoms with Gasteiger partial charge in [0.1, 0.15) is 5.69 Å². The fraction of sp³-hybridized carbons (Fsp3) is 0.0750. The molecular formula is C40H28N6. The molecule has 3 heterocycles. The second kappa shape index (κ2) is 10.0. The van der Waals surface area contributed by atoms with Gasteiger partial charge in [0, 0.05) is 32.9 Å². The number of allylic oxidation sites excluding steroid dienone is 1. The molecule has 6 nitrogen and oxygen atoms in total. The van der Waals surface area contributed by atoms with Crippen molar-refractivity contribution in [2.45, 2.75) is 19.3 Å². The molecule has 0 atom stereocenters. The molecule has 0 unspecified atom stereocenters. The van der Waals surface area contributed by atoms with Gasteiger partial charge in [-0.3, -0.25) is 4.57 Å². The van der Waals surface area contributed by atoms with Crippen LogP contribution in [-0.4, -0.2) is 29.5 Å². The Morgan fingerprint density at radius 3 is 1.85 bits per heavy atom. The zero-order valence-electron chi connectivity index (χ0n) is 25.4. The van der Waals surface area contributed by atoms with Crippen molar-refractivity contribution in [1.29, 1.82) is 0 Å². The molecule has 6 heteroatoms. The highest BCUT2D eigenvalue weighted by Gasteiger charge is 2.32. The molecule has 0 fully saturated rings. The van der Waals surface area contributed by atoms with Crippen LogP contribution in [0.2, 0.25) is 0 Å². The number of nitrogens with zero attached hydrogens (tertiary/aromatic N) is 6. The number of para-hydroxylation sites is 1. The van der Waals surface area contributed by atoms with Crippen LogP contribution < -0.4 is 0 Å². The maximum atomic E-state index is 5.32. The van der Waals surface area contributed by atoms with E-state index in [9.17, 15) is 0 Å². The van der Waals surface area contributed by atoms with Crippen LogP contribution in [0.1, 0.15) is 25.1 Å². The fourth-order valence-corrected chi connectivity index (χ4v) is 6.62. The summed E-state index contributed by atoms with van der Waals surface area (Å²) >= 11 is 0. The van der Waals surface area contributed by atoms with E-state index >= 15 is 0 Å². The lowest BCUT2D eigenvalue weighted by Crippen LogP contribution is -2.17. The summed E-state index contributed by atoms with van der Waals surface area (Å²) in [4.78, 5) is 25.6. The van der Waals surface area contributed by atoms with Gasteiger partial charge in [0.05, 0.1) is 16.7 Å². The first-order valence-electron chi connectivity index (χ1n) is 15.5. The zero-order valence-corrected chi connectivity index (χ0v) is 25.4. The average Bonchev–Trinajstić information content (AvgIpc) is 3.62. The molecule has 0 N–H and O–H groups in total. The minimum absolute atomic E-state index is 0.301. The first kappa shape index (κ1) is 26.4. The summed E-state index contributed by atoms with van der Waals surface area (Å²) in [6.07, 6.45) is 4.30. The summed E-state index contributed by atoms with van der Waals surface area (Å²) in [5, 5.41) is 4.76. The van der Waals surface area contributed by atoms with Crippen molar-refractivity contribution < 1.29 is 0 Å². The predicted octanol–water partition coefficient (Wildman–Crippen LogP) is 9.22. The van der Waals surface area contributed by atoms with Crippen LogP contribution in [0.5, 0.6) is 0 Å². The van der Waals surface area contributed by atoms with E-state index in [0.29, 0.717) is 29.1 Å². The van der Waals surface area contributed by atoms with Crippen LogP contribution in [0.4, 0.5) is 0 Å². The number of hydrogen-bond donors (Lipinski definition) is 0. The van der Waals surface area contributed by atoms with Gasteiger partial charge in [-0.2, -0.15) is 0 Å². The molecule has 0 saturated carbocycles. The maximum absolute atomic E-state index is 5.32. The smallest absolute Gasteiger partial charge is 0.235 e. The fourth-order valence-electron chi connectivity index (χ4n) is 6.62. The minimum atomic E-state index is -0.301. The molecule has 1 aliphatic carbocycles. The molecule has 3 aromatic heterocycles. The van der Waals surface area contributed by atoms with Crippen molar-refractivity contribution in [2.24, 2.45) is 0 Å². The Hall–Kier alpha value is -6.01. The molecular weight excluding hydrogens is 564 g/mol. The molecule has 0 radical (unpaired) electrons. The molecule has 0 bridgehead atoms. The Morgan fingerprint density at radius 2 is 1.13 bits per heavy atom. The van der Waals surface area contributed by atoms with Crippen molar-refractivity contribution in [3.05, 3.63) is 139 Å². The predicted molar refractivity (Wildman–Crippen MR) is 186 cm³/mol. The van der Waals surface area contributed by atoms with E-state index in [2.05, 4.69) is 91.2 Å². The number of hydrogen-bond acceptors (Lipinski definition) is 5. The largest absolute Gasteiger partial charge is 0.278 e. The standard InChI is InChI=1S/C40H28N6/c1-40(2)24-23-30-34(38-44-36(26-14-5-3-6-15-26)43-37(45-38)27-16-7-4-8-17-27)41-39(42-35(30)40)46-31-20-12-11-19-29(31)33-28-18-10-9-13-25(28)21-22-32(33)46/h3-24H,1-2H3.